The first-order valence-corrected chi connectivity index (χ1v) is 6.88. The third kappa shape index (κ3) is 4.49. The molecule has 2 N–H and O–H groups in total. The van der Waals surface area contributed by atoms with Crippen LogP contribution in [0.4, 0.5) is 16.2 Å². The second kappa shape index (κ2) is 7.47. The van der Waals surface area contributed by atoms with Crippen molar-refractivity contribution in [2.75, 3.05) is 17.2 Å². The molecule has 0 spiro atoms. The number of nitrogens with one attached hydrogen (secondary N) is 2. The zero-order valence-corrected chi connectivity index (χ0v) is 12.6. The van der Waals surface area contributed by atoms with E-state index < -0.39 is 0 Å². The second-order valence-electron chi connectivity index (χ2n) is 4.50. The highest BCUT2D eigenvalue weighted by atomic mass is 35.5. The van der Waals surface area contributed by atoms with Crippen LogP contribution in [0.2, 0.25) is 5.02 Å². The van der Waals surface area contributed by atoms with E-state index in [0.29, 0.717) is 22.1 Å². The highest BCUT2D eigenvalue weighted by molar-refractivity contribution is 6.30. The fourth-order valence-corrected chi connectivity index (χ4v) is 2.03. The number of halogens is 1. The number of rotatable bonds is 5. The van der Waals surface area contributed by atoms with Crippen LogP contribution in [-0.4, -0.2) is 18.9 Å². The minimum absolute atomic E-state index is 0.122. The number of carbonyl (C=O) groups is 1. The van der Waals surface area contributed by atoms with Gasteiger partial charge in [-0.05, 0) is 55.0 Å². The molecule has 6 heteroatoms. The van der Waals surface area contributed by atoms with Crippen LogP contribution in [0.1, 0.15) is 5.56 Å². The van der Waals surface area contributed by atoms with E-state index in [1.807, 2.05) is 6.92 Å². The van der Waals surface area contributed by atoms with Gasteiger partial charge in [0.25, 0.3) is 0 Å². The quantitative estimate of drug-likeness (QED) is 0.881. The fraction of sp³-hybridized carbons (Fsp3) is 0.125. The summed E-state index contributed by atoms with van der Waals surface area (Å²) in [5.41, 5.74) is 2.16. The molecule has 0 aliphatic heterocycles. The molecule has 0 aliphatic carbocycles. The molecular weight excluding hydrogens is 304 g/mol. The summed E-state index contributed by atoms with van der Waals surface area (Å²) in [6.45, 7) is 1.74. The van der Waals surface area contributed by atoms with Crippen molar-refractivity contribution in [3.63, 3.8) is 0 Å². The third-order valence-corrected chi connectivity index (χ3v) is 3.08. The van der Waals surface area contributed by atoms with Crippen molar-refractivity contribution in [2.45, 2.75) is 6.92 Å². The Morgan fingerprint density at radius 1 is 1.18 bits per heavy atom. The normalized spacial score (nSPS) is 9.91. The van der Waals surface area contributed by atoms with E-state index in [1.165, 1.54) is 0 Å². The Morgan fingerprint density at radius 3 is 2.55 bits per heavy atom. The van der Waals surface area contributed by atoms with E-state index in [4.69, 9.17) is 16.3 Å². The van der Waals surface area contributed by atoms with Crippen molar-refractivity contribution in [1.82, 2.24) is 0 Å². The van der Waals surface area contributed by atoms with Crippen LogP contribution in [0.25, 0.3) is 0 Å². The maximum absolute atomic E-state index is 11.9. The lowest BCUT2D eigenvalue weighted by atomic mass is 10.2. The molecule has 0 atom stereocenters. The monoisotopic (exact) mass is 317 g/mol. The van der Waals surface area contributed by atoms with Crippen LogP contribution in [0.3, 0.4) is 0 Å². The zero-order chi connectivity index (χ0) is 15.9. The van der Waals surface area contributed by atoms with Crippen molar-refractivity contribution in [2.24, 2.45) is 0 Å². The summed E-state index contributed by atoms with van der Waals surface area (Å²) < 4.78 is 5.07. The summed E-state index contributed by atoms with van der Waals surface area (Å²) in [4.78, 5) is 22.0. The number of hydrogen-bond acceptors (Lipinski definition) is 3. The first kappa shape index (κ1) is 15.9. The second-order valence-corrected chi connectivity index (χ2v) is 4.93. The number of ether oxygens (including phenoxy) is 1. The van der Waals surface area contributed by atoms with Crippen LogP contribution in [0.15, 0.2) is 42.5 Å². The molecule has 0 fully saturated rings. The lowest BCUT2D eigenvalue weighted by molar-refractivity contribution is 0.262. The smallest absolute Gasteiger partial charge is 0.323 e. The molecule has 2 aromatic carbocycles. The molecule has 1 radical (unpaired) electrons. The lowest BCUT2D eigenvalue weighted by Gasteiger charge is -2.10. The molecule has 2 rings (SSSR count). The van der Waals surface area contributed by atoms with Gasteiger partial charge in [-0.1, -0.05) is 11.6 Å². The highest BCUT2D eigenvalue weighted by Crippen LogP contribution is 2.20. The molecule has 0 saturated heterocycles. The first-order chi connectivity index (χ1) is 10.6. The summed E-state index contributed by atoms with van der Waals surface area (Å²) in [6.07, 6.45) is 1.64. The maximum atomic E-state index is 11.9. The Labute approximate surface area is 133 Å². The molecule has 0 bridgehead atoms. The zero-order valence-electron chi connectivity index (χ0n) is 11.9. The molecule has 0 aliphatic rings. The summed E-state index contributed by atoms with van der Waals surface area (Å²) in [5.74, 6) is 0.530. The topological polar surface area (TPSA) is 67.4 Å². The number of aryl methyl sites for hydroxylation is 1. The van der Waals surface area contributed by atoms with Gasteiger partial charge >= 0.3 is 6.03 Å². The van der Waals surface area contributed by atoms with E-state index in [-0.39, 0.29) is 12.6 Å². The molecule has 0 aromatic heterocycles. The number of anilines is 2. The van der Waals surface area contributed by atoms with Crippen molar-refractivity contribution >= 4 is 35.3 Å². The summed E-state index contributed by atoms with van der Waals surface area (Å²) in [5, 5.41) is 6.06. The van der Waals surface area contributed by atoms with Gasteiger partial charge < -0.3 is 15.4 Å². The number of carbonyl (C=O) groups excluding carboxylic acids is 2. The number of benzene rings is 2. The minimum atomic E-state index is -0.361. The number of urea groups is 1. The van der Waals surface area contributed by atoms with Gasteiger partial charge in [0.1, 0.15) is 5.75 Å². The molecule has 5 nitrogen and oxygen atoms in total. The van der Waals surface area contributed by atoms with Gasteiger partial charge in [-0.25, -0.2) is 4.79 Å². The minimum Gasteiger partial charge on any atom is -0.485 e. The van der Waals surface area contributed by atoms with Crippen molar-refractivity contribution in [1.29, 1.82) is 0 Å². The average Bonchev–Trinajstić information content (AvgIpc) is 2.49. The van der Waals surface area contributed by atoms with Gasteiger partial charge in [-0.2, -0.15) is 0 Å². The fourth-order valence-electron chi connectivity index (χ4n) is 1.80. The predicted octanol–water partition coefficient (Wildman–Crippen LogP) is 3.78. The molecule has 0 heterocycles. The molecule has 2 aromatic rings. The molecule has 22 heavy (non-hydrogen) atoms. The maximum Gasteiger partial charge on any atom is 0.323 e. The molecule has 113 valence electrons. The largest absolute Gasteiger partial charge is 0.485 e. The van der Waals surface area contributed by atoms with Gasteiger partial charge in [-0.15, -0.1) is 0 Å². The SMILES string of the molecule is Cc1cc(Cl)ccc1NC(=O)Nc1ccc(OC[C]=O)cc1. The summed E-state index contributed by atoms with van der Waals surface area (Å²) >= 11 is 5.87. The van der Waals surface area contributed by atoms with E-state index in [9.17, 15) is 9.59 Å². The molecular formula is C16H14ClN2O3. The van der Waals surface area contributed by atoms with E-state index in [1.54, 1.807) is 48.8 Å². The first-order valence-electron chi connectivity index (χ1n) is 6.50. The predicted molar refractivity (Wildman–Crippen MR) is 86.5 cm³/mol. The summed E-state index contributed by atoms with van der Waals surface area (Å²) in [6, 6.07) is 11.5. The van der Waals surface area contributed by atoms with Crippen LogP contribution >= 0.6 is 11.6 Å². The van der Waals surface area contributed by atoms with Crippen LogP contribution in [0, 0.1) is 6.92 Å². The van der Waals surface area contributed by atoms with E-state index >= 15 is 0 Å². The van der Waals surface area contributed by atoms with E-state index in [0.717, 1.165) is 5.56 Å². The average molecular weight is 318 g/mol. The van der Waals surface area contributed by atoms with E-state index in [2.05, 4.69) is 10.6 Å². The van der Waals surface area contributed by atoms with Gasteiger partial charge in [-0.3, -0.25) is 4.79 Å². The third-order valence-electron chi connectivity index (χ3n) is 2.85. The van der Waals surface area contributed by atoms with Gasteiger partial charge in [0.05, 0.1) is 0 Å². The number of amides is 2. The Balaban J connectivity index is 1.95. The Morgan fingerprint density at radius 2 is 1.91 bits per heavy atom. The van der Waals surface area contributed by atoms with Crippen LogP contribution < -0.4 is 15.4 Å². The van der Waals surface area contributed by atoms with Crippen LogP contribution in [-0.2, 0) is 4.79 Å². The standard InChI is InChI=1S/C16H14ClN2O3/c1-11-10-12(17)2-7-15(11)19-16(21)18-13-3-5-14(6-4-13)22-9-8-20/h2-7,10H,9H2,1H3,(H2,18,19,21). The molecule has 0 unspecified atom stereocenters. The molecule has 0 saturated carbocycles. The van der Waals surface area contributed by atoms with Gasteiger partial charge in [0.2, 0.25) is 6.29 Å². The van der Waals surface area contributed by atoms with Crippen molar-refractivity contribution < 1.29 is 14.3 Å². The Kier molecular flexibility index (Phi) is 5.38. The summed E-state index contributed by atoms with van der Waals surface area (Å²) in [7, 11) is 0. The van der Waals surface area contributed by atoms with Gasteiger partial charge in [0.15, 0.2) is 6.61 Å². The highest BCUT2D eigenvalue weighted by Gasteiger charge is 2.05. The van der Waals surface area contributed by atoms with Crippen LogP contribution in [0.5, 0.6) is 5.75 Å². The molecule has 2 amide bonds. The Bertz CT molecular complexity index is 672. The van der Waals surface area contributed by atoms with Crippen molar-refractivity contribution in [3.05, 3.63) is 53.1 Å². The van der Waals surface area contributed by atoms with Crippen molar-refractivity contribution in [3.8, 4) is 5.75 Å². The lowest BCUT2D eigenvalue weighted by Crippen LogP contribution is -2.19. The number of hydrogen-bond donors (Lipinski definition) is 2. The Hall–Kier alpha value is -2.53. The van der Waals surface area contributed by atoms with Gasteiger partial charge in [0, 0.05) is 16.4 Å².